The van der Waals surface area contributed by atoms with Crippen LogP contribution >= 0.6 is 0 Å². The standard InChI is InChI=1S/C28H29F2NO4/c1-3-4-18-27(28(29,30)26(33)22-14-16-23(17-15-22)34-20(2)32)31(19-21-10-6-5-7-11-21)24-12-8-9-13-25(24)35-27/h5-17,26,33H,3-4,18-19H2,1-2H3. The lowest BCUT2D eigenvalue weighted by atomic mass is 9.89. The third-order valence-corrected chi connectivity index (χ3v) is 6.25. The lowest BCUT2D eigenvalue weighted by Gasteiger charge is -2.45. The first-order chi connectivity index (χ1) is 16.8. The molecule has 0 bridgehead atoms. The number of unbranched alkanes of at least 4 members (excludes halogenated alkanes) is 1. The number of rotatable bonds is 9. The van der Waals surface area contributed by atoms with Gasteiger partial charge in [-0.3, -0.25) is 4.79 Å². The summed E-state index contributed by atoms with van der Waals surface area (Å²) in [6, 6.07) is 21.8. The van der Waals surface area contributed by atoms with Crippen LogP contribution in [0.4, 0.5) is 14.5 Å². The first-order valence-corrected chi connectivity index (χ1v) is 11.7. The second kappa shape index (κ2) is 10.0. The molecule has 0 spiro atoms. The van der Waals surface area contributed by atoms with Crippen molar-refractivity contribution in [2.45, 2.75) is 57.4 Å². The summed E-state index contributed by atoms with van der Waals surface area (Å²) in [5.41, 5.74) is -0.688. The van der Waals surface area contributed by atoms with Crippen molar-refractivity contribution in [1.29, 1.82) is 0 Å². The van der Waals surface area contributed by atoms with Gasteiger partial charge in [0.05, 0.1) is 5.69 Å². The van der Waals surface area contributed by atoms with Gasteiger partial charge in [0, 0.05) is 19.9 Å². The molecule has 1 N–H and O–H groups in total. The number of para-hydroxylation sites is 2. The number of benzene rings is 3. The van der Waals surface area contributed by atoms with E-state index in [4.69, 9.17) is 9.47 Å². The highest BCUT2D eigenvalue weighted by Crippen LogP contribution is 2.55. The summed E-state index contributed by atoms with van der Waals surface area (Å²) < 4.78 is 44.1. The highest BCUT2D eigenvalue weighted by Gasteiger charge is 2.66. The molecule has 5 nitrogen and oxygen atoms in total. The monoisotopic (exact) mass is 481 g/mol. The summed E-state index contributed by atoms with van der Waals surface area (Å²) in [5, 5.41) is 11.0. The molecule has 184 valence electrons. The molecule has 2 atom stereocenters. The molecule has 0 aliphatic carbocycles. The average molecular weight is 482 g/mol. The molecule has 0 amide bonds. The maximum atomic E-state index is 16.5. The molecule has 4 rings (SSSR count). The van der Waals surface area contributed by atoms with Crippen LogP contribution in [0.3, 0.4) is 0 Å². The number of halogens is 2. The first kappa shape index (κ1) is 24.7. The van der Waals surface area contributed by atoms with E-state index in [-0.39, 0.29) is 24.3 Å². The summed E-state index contributed by atoms with van der Waals surface area (Å²) in [7, 11) is 0. The van der Waals surface area contributed by atoms with E-state index in [1.807, 2.05) is 37.3 Å². The molecule has 1 aliphatic rings. The van der Waals surface area contributed by atoms with Crippen LogP contribution in [0.15, 0.2) is 78.9 Å². The Morgan fingerprint density at radius 2 is 1.71 bits per heavy atom. The van der Waals surface area contributed by atoms with E-state index in [1.165, 1.54) is 31.2 Å². The van der Waals surface area contributed by atoms with Gasteiger partial charge in [0.15, 0.2) is 0 Å². The number of fused-ring (bicyclic) bond motifs is 1. The Bertz CT molecular complexity index is 1150. The van der Waals surface area contributed by atoms with Gasteiger partial charge in [-0.15, -0.1) is 0 Å². The Kier molecular flexibility index (Phi) is 7.08. The van der Waals surface area contributed by atoms with Crippen molar-refractivity contribution in [3.8, 4) is 11.5 Å². The number of aliphatic hydroxyl groups excluding tert-OH is 1. The predicted octanol–water partition coefficient (Wildman–Crippen LogP) is 6.27. The molecule has 0 saturated carbocycles. The zero-order valence-corrected chi connectivity index (χ0v) is 19.8. The number of hydrogen-bond acceptors (Lipinski definition) is 5. The maximum Gasteiger partial charge on any atom is 0.334 e. The van der Waals surface area contributed by atoms with E-state index in [2.05, 4.69) is 0 Å². The van der Waals surface area contributed by atoms with Crippen molar-refractivity contribution in [1.82, 2.24) is 0 Å². The van der Waals surface area contributed by atoms with Crippen LogP contribution in [-0.4, -0.2) is 22.7 Å². The number of carbonyl (C=O) groups is 1. The molecular formula is C28H29F2NO4. The Hall–Kier alpha value is -3.45. The van der Waals surface area contributed by atoms with Crippen LogP contribution in [0.1, 0.15) is 50.3 Å². The van der Waals surface area contributed by atoms with E-state index in [1.54, 1.807) is 29.2 Å². The third kappa shape index (κ3) is 4.73. The second-order valence-corrected chi connectivity index (χ2v) is 8.72. The minimum atomic E-state index is -3.70. The van der Waals surface area contributed by atoms with Gasteiger partial charge in [0.1, 0.15) is 17.6 Å². The fraction of sp³-hybridized carbons (Fsp3) is 0.321. The number of nitrogens with zero attached hydrogens (tertiary/aromatic N) is 1. The molecule has 0 fully saturated rings. The van der Waals surface area contributed by atoms with Crippen LogP contribution < -0.4 is 14.4 Å². The SMILES string of the molecule is CCCCC1(C(F)(F)C(O)c2ccc(OC(C)=O)cc2)Oc2ccccc2N1Cc1ccccc1. The van der Waals surface area contributed by atoms with E-state index in [9.17, 15) is 9.90 Å². The summed E-state index contributed by atoms with van der Waals surface area (Å²) >= 11 is 0. The zero-order valence-electron chi connectivity index (χ0n) is 19.8. The van der Waals surface area contributed by atoms with E-state index in [0.717, 1.165) is 5.56 Å². The smallest absolute Gasteiger partial charge is 0.334 e. The van der Waals surface area contributed by atoms with Crippen LogP contribution in [-0.2, 0) is 11.3 Å². The Labute approximate surface area is 203 Å². The highest BCUT2D eigenvalue weighted by atomic mass is 19.3. The van der Waals surface area contributed by atoms with Crippen LogP contribution in [0.2, 0.25) is 0 Å². The lowest BCUT2D eigenvalue weighted by Crippen LogP contribution is -2.64. The Morgan fingerprint density at radius 3 is 2.37 bits per heavy atom. The van der Waals surface area contributed by atoms with Crippen molar-refractivity contribution < 1.29 is 28.2 Å². The lowest BCUT2D eigenvalue weighted by molar-refractivity contribution is -0.220. The van der Waals surface area contributed by atoms with Crippen LogP contribution in [0, 0.1) is 0 Å². The van der Waals surface area contributed by atoms with E-state index < -0.39 is 23.7 Å². The van der Waals surface area contributed by atoms with Gasteiger partial charge < -0.3 is 19.5 Å². The average Bonchev–Trinajstić information content (AvgIpc) is 3.18. The molecule has 35 heavy (non-hydrogen) atoms. The van der Waals surface area contributed by atoms with Crippen LogP contribution in [0.25, 0.3) is 0 Å². The van der Waals surface area contributed by atoms with Crippen molar-refractivity contribution in [3.05, 3.63) is 90.0 Å². The molecule has 3 aromatic rings. The molecule has 1 heterocycles. The van der Waals surface area contributed by atoms with Crippen molar-refractivity contribution >= 4 is 11.7 Å². The molecule has 0 aromatic heterocycles. The fourth-order valence-electron chi connectivity index (χ4n) is 4.50. The van der Waals surface area contributed by atoms with Gasteiger partial charge in [-0.2, -0.15) is 8.78 Å². The largest absolute Gasteiger partial charge is 0.459 e. The van der Waals surface area contributed by atoms with Crippen molar-refractivity contribution in [2.24, 2.45) is 0 Å². The molecule has 1 aliphatic heterocycles. The normalized spacial score (nSPS) is 18.0. The number of esters is 1. The molecular weight excluding hydrogens is 452 g/mol. The van der Waals surface area contributed by atoms with E-state index >= 15 is 8.78 Å². The minimum absolute atomic E-state index is 0.000919. The summed E-state index contributed by atoms with van der Waals surface area (Å²) in [6.07, 6.45) is -0.976. The van der Waals surface area contributed by atoms with E-state index in [0.29, 0.717) is 24.3 Å². The molecule has 7 heteroatoms. The number of aliphatic hydroxyl groups is 1. The fourth-order valence-corrected chi connectivity index (χ4v) is 4.50. The molecule has 0 radical (unpaired) electrons. The molecule has 2 unspecified atom stereocenters. The Morgan fingerprint density at radius 1 is 1.06 bits per heavy atom. The van der Waals surface area contributed by atoms with Gasteiger partial charge in [-0.05, 0) is 41.8 Å². The van der Waals surface area contributed by atoms with Crippen LogP contribution in [0.5, 0.6) is 11.5 Å². The quantitative estimate of drug-likeness (QED) is 0.289. The van der Waals surface area contributed by atoms with Gasteiger partial charge in [-0.25, -0.2) is 0 Å². The summed E-state index contributed by atoms with van der Waals surface area (Å²) in [6.45, 7) is 3.37. The van der Waals surface area contributed by atoms with Gasteiger partial charge in [-0.1, -0.05) is 67.9 Å². The Balaban J connectivity index is 1.76. The maximum absolute atomic E-state index is 16.5. The van der Waals surface area contributed by atoms with Crippen molar-refractivity contribution in [3.63, 3.8) is 0 Å². The first-order valence-electron chi connectivity index (χ1n) is 11.7. The second-order valence-electron chi connectivity index (χ2n) is 8.72. The highest BCUT2D eigenvalue weighted by molar-refractivity contribution is 5.69. The summed E-state index contributed by atoms with van der Waals surface area (Å²) in [5.74, 6) is -3.64. The van der Waals surface area contributed by atoms with Gasteiger partial charge >= 0.3 is 11.9 Å². The molecule has 3 aromatic carbocycles. The number of carbonyl (C=O) groups excluding carboxylic acids is 1. The van der Waals surface area contributed by atoms with Crippen molar-refractivity contribution in [2.75, 3.05) is 4.90 Å². The number of anilines is 1. The molecule has 0 saturated heterocycles. The minimum Gasteiger partial charge on any atom is -0.459 e. The van der Waals surface area contributed by atoms with Gasteiger partial charge in [0.2, 0.25) is 5.72 Å². The van der Waals surface area contributed by atoms with Gasteiger partial charge in [0.25, 0.3) is 0 Å². The zero-order chi connectivity index (χ0) is 25.1. The third-order valence-electron chi connectivity index (χ3n) is 6.25. The number of hydrogen-bond donors (Lipinski definition) is 1. The summed E-state index contributed by atoms with van der Waals surface area (Å²) in [4.78, 5) is 12.8. The predicted molar refractivity (Wildman–Crippen MR) is 130 cm³/mol. The number of ether oxygens (including phenoxy) is 2. The topological polar surface area (TPSA) is 59.0 Å². The number of alkyl halides is 2.